The van der Waals surface area contributed by atoms with Crippen molar-refractivity contribution in [3.63, 3.8) is 0 Å². The molecule has 4 rings (SSSR count). The van der Waals surface area contributed by atoms with Gasteiger partial charge in [0.1, 0.15) is 17.6 Å². The van der Waals surface area contributed by atoms with Gasteiger partial charge in [0.25, 0.3) is 0 Å². The van der Waals surface area contributed by atoms with E-state index in [1.807, 2.05) is 37.3 Å². The molecule has 2 heterocycles. The minimum atomic E-state index is -0.383. The fraction of sp³-hybridized carbons (Fsp3) is 0.174. The number of benzene rings is 2. The number of carbonyl (C=O) groups is 1. The van der Waals surface area contributed by atoms with E-state index >= 15 is 0 Å². The number of carbonyl (C=O) groups excluding carboxylic acids is 1. The summed E-state index contributed by atoms with van der Waals surface area (Å²) >= 11 is 0. The molecule has 138 valence electrons. The third kappa shape index (κ3) is 3.45. The molecule has 0 saturated heterocycles. The highest BCUT2D eigenvalue weighted by molar-refractivity contribution is 6.00. The number of fused-ring (bicyclic) bond motifs is 1. The quantitative estimate of drug-likeness (QED) is 0.681. The molecule has 28 heavy (non-hydrogen) atoms. The van der Waals surface area contributed by atoms with Crippen LogP contribution in [0.1, 0.15) is 45.1 Å². The molecule has 0 N–H and O–H groups in total. The standard InChI is InChI=1S/C23H18N2O3/c1-15-12-19-20(26)8-11-27-22(19)13-21(15)28-23(18-6-9-25-10-7-18)17-4-2-16(14-24)3-5-17/h2-7,9-10,12-13,23H,8,11H2,1H3/t23-/m1/s1. The van der Waals surface area contributed by atoms with Gasteiger partial charge < -0.3 is 9.47 Å². The molecule has 0 amide bonds. The van der Waals surface area contributed by atoms with Gasteiger partial charge in [-0.25, -0.2) is 0 Å². The van der Waals surface area contributed by atoms with Crippen molar-refractivity contribution in [1.29, 1.82) is 5.26 Å². The summed E-state index contributed by atoms with van der Waals surface area (Å²) in [7, 11) is 0. The van der Waals surface area contributed by atoms with E-state index in [0.29, 0.717) is 35.7 Å². The minimum absolute atomic E-state index is 0.0914. The van der Waals surface area contributed by atoms with Crippen LogP contribution in [0.25, 0.3) is 0 Å². The van der Waals surface area contributed by atoms with E-state index in [-0.39, 0.29) is 11.9 Å². The summed E-state index contributed by atoms with van der Waals surface area (Å²) in [5, 5.41) is 9.06. The lowest BCUT2D eigenvalue weighted by atomic mass is 10.00. The Balaban J connectivity index is 1.74. The van der Waals surface area contributed by atoms with E-state index < -0.39 is 0 Å². The molecule has 0 fully saturated rings. The number of ether oxygens (including phenoxy) is 2. The number of pyridine rings is 1. The molecule has 0 bridgehead atoms. The van der Waals surface area contributed by atoms with Crippen LogP contribution >= 0.6 is 0 Å². The largest absolute Gasteiger partial charge is 0.492 e. The normalized spacial score (nSPS) is 13.8. The number of nitriles is 1. The zero-order valence-electron chi connectivity index (χ0n) is 15.4. The molecule has 3 aromatic rings. The Labute approximate surface area is 163 Å². The molecule has 5 heteroatoms. The zero-order chi connectivity index (χ0) is 19.5. The van der Waals surface area contributed by atoms with Gasteiger partial charge in [0.15, 0.2) is 5.78 Å². The average molecular weight is 370 g/mol. The number of rotatable bonds is 4. The highest BCUT2D eigenvalue weighted by atomic mass is 16.5. The third-order valence-electron chi connectivity index (χ3n) is 4.76. The van der Waals surface area contributed by atoms with Crippen LogP contribution in [0.2, 0.25) is 0 Å². The van der Waals surface area contributed by atoms with Crippen LogP contribution in [-0.2, 0) is 0 Å². The van der Waals surface area contributed by atoms with Crippen LogP contribution in [0.3, 0.4) is 0 Å². The van der Waals surface area contributed by atoms with Crippen LogP contribution in [0.4, 0.5) is 0 Å². The average Bonchev–Trinajstić information content (AvgIpc) is 2.74. The Hall–Kier alpha value is -3.65. The van der Waals surface area contributed by atoms with E-state index in [1.54, 1.807) is 30.6 Å². The summed E-state index contributed by atoms with van der Waals surface area (Å²) in [4.78, 5) is 16.2. The SMILES string of the molecule is Cc1cc2c(cc1O[C@@H](c1ccncc1)c1ccc(C#N)cc1)OCCC2=O. The maximum atomic E-state index is 12.1. The third-order valence-corrected chi connectivity index (χ3v) is 4.76. The fourth-order valence-electron chi connectivity index (χ4n) is 3.25. The molecule has 5 nitrogen and oxygen atoms in total. The smallest absolute Gasteiger partial charge is 0.170 e. The number of hydrogen-bond donors (Lipinski definition) is 0. The molecule has 2 aromatic carbocycles. The summed E-state index contributed by atoms with van der Waals surface area (Å²) in [6.45, 7) is 2.30. The number of aromatic nitrogens is 1. The van der Waals surface area contributed by atoms with Gasteiger partial charge in [-0.05, 0) is 53.9 Å². The van der Waals surface area contributed by atoms with Crippen molar-refractivity contribution < 1.29 is 14.3 Å². The second-order valence-corrected chi connectivity index (χ2v) is 6.65. The predicted molar refractivity (Wildman–Crippen MR) is 103 cm³/mol. The highest BCUT2D eigenvalue weighted by Crippen LogP contribution is 2.36. The van der Waals surface area contributed by atoms with Crippen molar-refractivity contribution in [2.75, 3.05) is 6.61 Å². The van der Waals surface area contributed by atoms with Crippen molar-refractivity contribution in [2.24, 2.45) is 0 Å². The second kappa shape index (κ2) is 7.53. The van der Waals surface area contributed by atoms with Crippen LogP contribution in [0.5, 0.6) is 11.5 Å². The lowest BCUT2D eigenvalue weighted by Gasteiger charge is -2.24. The van der Waals surface area contributed by atoms with Gasteiger partial charge in [-0.3, -0.25) is 9.78 Å². The molecular formula is C23H18N2O3. The minimum Gasteiger partial charge on any atom is -0.492 e. The number of ketones is 1. The van der Waals surface area contributed by atoms with Crippen LogP contribution in [0, 0.1) is 18.3 Å². The Bertz CT molecular complexity index is 1050. The van der Waals surface area contributed by atoms with E-state index in [9.17, 15) is 4.79 Å². The summed E-state index contributed by atoms with van der Waals surface area (Å²) in [5.74, 6) is 1.30. The first-order valence-corrected chi connectivity index (χ1v) is 9.03. The number of Topliss-reactive ketones (excluding diaryl/α,β-unsaturated/α-hetero) is 1. The molecule has 0 saturated carbocycles. The van der Waals surface area contributed by atoms with E-state index in [2.05, 4.69) is 11.1 Å². The lowest BCUT2D eigenvalue weighted by Crippen LogP contribution is -2.16. The van der Waals surface area contributed by atoms with Crippen LogP contribution < -0.4 is 9.47 Å². The Morgan fingerprint density at radius 3 is 2.54 bits per heavy atom. The predicted octanol–water partition coefficient (Wildman–Crippen LogP) is 4.40. The topological polar surface area (TPSA) is 72.2 Å². The number of aryl methyl sites for hydroxylation is 1. The number of nitrogens with zero attached hydrogens (tertiary/aromatic N) is 2. The molecule has 0 radical (unpaired) electrons. The van der Waals surface area contributed by atoms with Crippen molar-refractivity contribution in [3.8, 4) is 17.6 Å². The van der Waals surface area contributed by atoms with Gasteiger partial charge in [-0.1, -0.05) is 12.1 Å². The van der Waals surface area contributed by atoms with E-state index in [4.69, 9.17) is 14.7 Å². The summed E-state index contributed by atoms with van der Waals surface area (Å²) in [6, 6.07) is 16.9. The first kappa shape index (κ1) is 17.7. The first-order chi connectivity index (χ1) is 13.7. The molecule has 0 spiro atoms. The fourth-order valence-corrected chi connectivity index (χ4v) is 3.25. The first-order valence-electron chi connectivity index (χ1n) is 9.03. The molecule has 1 aliphatic rings. The van der Waals surface area contributed by atoms with Crippen LogP contribution in [-0.4, -0.2) is 17.4 Å². The van der Waals surface area contributed by atoms with Gasteiger partial charge in [0.2, 0.25) is 0 Å². The van der Waals surface area contributed by atoms with Crippen molar-refractivity contribution in [1.82, 2.24) is 4.98 Å². The second-order valence-electron chi connectivity index (χ2n) is 6.65. The Morgan fingerprint density at radius 2 is 1.82 bits per heavy atom. The van der Waals surface area contributed by atoms with Crippen molar-refractivity contribution in [2.45, 2.75) is 19.4 Å². The maximum absolute atomic E-state index is 12.1. The maximum Gasteiger partial charge on any atom is 0.170 e. The monoisotopic (exact) mass is 370 g/mol. The highest BCUT2D eigenvalue weighted by Gasteiger charge is 2.23. The Kier molecular flexibility index (Phi) is 4.77. The van der Waals surface area contributed by atoms with E-state index in [1.165, 1.54) is 0 Å². The Morgan fingerprint density at radius 1 is 1.11 bits per heavy atom. The molecule has 0 unspecified atom stereocenters. The van der Waals surface area contributed by atoms with Gasteiger partial charge in [-0.2, -0.15) is 5.26 Å². The molecule has 1 atom stereocenters. The van der Waals surface area contributed by atoms with Gasteiger partial charge in [0.05, 0.1) is 23.8 Å². The van der Waals surface area contributed by atoms with E-state index in [0.717, 1.165) is 16.7 Å². The molecular weight excluding hydrogens is 352 g/mol. The van der Waals surface area contributed by atoms with Gasteiger partial charge in [0, 0.05) is 24.9 Å². The lowest BCUT2D eigenvalue weighted by molar-refractivity contribution is 0.0933. The summed E-state index contributed by atoms with van der Waals surface area (Å²) in [6.07, 6.45) is 3.46. The van der Waals surface area contributed by atoms with Crippen molar-refractivity contribution >= 4 is 5.78 Å². The number of hydrogen-bond acceptors (Lipinski definition) is 5. The van der Waals surface area contributed by atoms with Crippen LogP contribution in [0.15, 0.2) is 60.9 Å². The molecule has 1 aliphatic heterocycles. The summed E-state index contributed by atoms with van der Waals surface area (Å²) in [5.41, 5.74) is 3.92. The van der Waals surface area contributed by atoms with Gasteiger partial charge in [-0.15, -0.1) is 0 Å². The molecule has 1 aromatic heterocycles. The summed E-state index contributed by atoms with van der Waals surface area (Å²) < 4.78 is 12.1. The zero-order valence-corrected chi connectivity index (χ0v) is 15.4. The van der Waals surface area contributed by atoms with Crippen molar-refractivity contribution in [3.05, 3.63) is 88.7 Å². The van der Waals surface area contributed by atoms with Gasteiger partial charge >= 0.3 is 0 Å². The molecule has 0 aliphatic carbocycles.